The summed E-state index contributed by atoms with van der Waals surface area (Å²) in [6, 6.07) is 19.0. The number of carbonyl (C=O) groups excluding carboxylic acids is 1. The number of benzene rings is 2. The van der Waals surface area contributed by atoms with Gasteiger partial charge in [-0.25, -0.2) is 0 Å². The monoisotopic (exact) mass is 364 g/mol. The van der Waals surface area contributed by atoms with Gasteiger partial charge in [-0.1, -0.05) is 48.5 Å². The van der Waals surface area contributed by atoms with Gasteiger partial charge in [0.15, 0.2) is 0 Å². The molecule has 3 aliphatic rings. The van der Waals surface area contributed by atoms with Crippen molar-refractivity contribution in [1.82, 2.24) is 9.80 Å². The molecule has 142 valence electrons. The number of ether oxygens (including phenoxy) is 1. The van der Waals surface area contributed by atoms with Crippen LogP contribution >= 0.6 is 0 Å². The van der Waals surface area contributed by atoms with Crippen LogP contribution in [0, 0.1) is 5.92 Å². The Morgan fingerprint density at radius 2 is 1.78 bits per heavy atom. The van der Waals surface area contributed by atoms with E-state index < -0.39 is 0 Å². The van der Waals surface area contributed by atoms with Crippen molar-refractivity contribution in [3.8, 4) is 5.75 Å². The first kappa shape index (κ1) is 18.1. The molecule has 2 atom stereocenters. The second-order valence-corrected chi connectivity index (χ2v) is 7.80. The van der Waals surface area contributed by atoms with Crippen molar-refractivity contribution in [2.45, 2.75) is 31.8 Å². The lowest BCUT2D eigenvalue weighted by Crippen LogP contribution is -2.44. The summed E-state index contributed by atoms with van der Waals surface area (Å²) in [6.45, 7) is 3.81. The quantitative estimate of drug-likeness (QED) is 0.816. The third-order valence-electron chi connectivity index (χ3n) is 5.94. The number of carbonyl (C=O) groups is 1. The summed E-state index contributed by atoms with van der Waals surface area (Å²) in [7, 11) is 1.66. The molecule has 2 aromatic carbocycles. The van der Waals surface area contributed by atoms with Crippen LogP contribution in [0.15, 0.2) is 54.6 Å². The summed E-state index contributed by atoms with van der Waals surface area (Å²) in [6.07, 6.45) is 2.84. The predicted octanol–water partition coefficient (Wildman–Crippen LogP) is 3.36. The summed E-state index contributed by atoms with van der Waals surface area (Å²) in [5.41, 5.74) is 2.33. The molecular formula is C23H28N2O2. The number of rotatable bonds is 5. The normalized spacial score (nSPS) is 22.5. The van der Waals surface area contributed by atoms with Gasteiger partial charge in [0.05, 0.1) is 13.5 Å². The molecular weight excluding hydrogens is 336 g/mol. The molecule has 0 N–H and O–H groups in total. The summed E-state index contributed by atoms with van der Waals surface area (Å²) in [5.74, 6) is 1.60. The van der Waals surface area contributed by atoms with Gasteiger partial charge in [0.25, 0.3) is 0 Å². The highest BCUT2D eigenvalue weighted by atomic mass is 16.5. The first-order valence-corrected chi connectivity index (χ1v) is 9.90. The van der Waals surface area contributed by atoms with Crippen LogP contribution in [0.25, 0.3) is 0 Å². The van der Waals surface area contributed by atoms with Crippen LogP contribution in [0.5, 0.6) is 5.75 Å². The van der Waals surface area contributed by atoms with Gasteiger partial charge < -0.3 is 9.64 Å². The number of methoxy groups -OCH3 is 1. The van der Waals surface area contributed by atoms with Gasteiger partial charge in [-0.3, -0.25) is 9.69 Å². The van der Waals surface area contributed by atoms with E-state index in [-0.39, 0.29) is 5.91 Å². The Hall–Kier alpha value is -2.33. The number of fused-ring (bicyclic) bond motifs is 4. The molecule has 2 unspecified atom stereocenters. The lowest BCUT2D eigenvalue weighted by Gasteiger charge is -2.36. The standard InChI is InChI=1S/C23H28N2O2/c1-27-22-10-6-5-9-20(22)13-23(26)25-16-19-11-12-21(17-25)24(15-19)14-18-7-3-2-4-8-18/h2-10,19,21H,11-17H2,1H3. The van der Waals surface area contributed by atoms with Crippen molar-refractivity contribution in [1.29, 1.82) is 0 Å². The Balaban J connectivity index is 1.44. The first-order valence-electron chi connectivity index (χ1n) is 9.90. The van der Waals surface area contributed by atoms with E-state index in [0.29, 0.717) is 18.4 Å². The summed E-state index contributed by atoms with van der Waals surface area (Å²) in [5, 5.41) is 0. The van der Waals surface area contributed by atoms with Crippen LogP contribution in [-0.4, -0.2) is 48.5 Å². The van der Waals surface area contributed by atoms with Crippen molar-refractivity contribution in [2.24, 2.45) is 5.92 Å². The fourth-order valence-corrected chi connectivity index (χ4v) is 4.52. The van der Waals surface area contributed by atoms with Crippen LogP contribution in [0.3, 0.4) is 0 Å². The van der Waals surface area contributed by atoms with Crippen molar-refractivity contribution in [3.05, 3.63) is 65.7 Å². The molecule has 3 heterocycles. The zero-order valence-electron chi connectivity index (χ0n) is 16.0. The van der Waals surface area contributed by atoms with E-state index in [2.05, 4.69) is 40.1 Å². The summed E-state index contributed by atoms with van der Waals surface area (Å²) in [4.78, 5) is 17.7. The van der Waals surface area contributed by atoms with E-state index in [9.17, 15) is 4.79 Å². The molecule has 2 aromatic rings. The number of hydrogen-bond donors (Lipinski definition) is 0. The fraction of sp³-hybridized carbons (Fsp3) is 0.435. The van der Waals surface area contributed by atoms with Gasteiger partial charge in [0.2, 0.25) is 5.91 Å². The fourth-order valence-electron chi connectivity index (χ4n) is 4.52. The molecule has 0 spiro atoms. The van der Waals surface area contributed by atoms with Gasteiger partial charge in [0, 0.05) is 37.8 Å². The maximum atomic E-state index is 13.0. The highest BCUT2D eigenvalue weighted by Crippen LogP contribution is 2.30. The van der Waals surface area contributed by atoms with Crippen molar-refractivity contribution in [2.75, 3.05) is 26.7 Å². The van der Waals surface area contributed by atoms with E-state index in [1.807, 2.05) is 24.3 Å². The molecule has 3 saturated heterocycles. The number of piperidine rings is 1. The van der Waals surface area contributed by atoms with Gasteiger partial charge in [-0.05, 0) is 30.4 Å². The van der Waals surface area contributed by atoms with E-state index in [1.54, 1.807) is 7.11 Å². The SMILES string of the molecule is COc1ccccc1CC(=O)N1CC2CCC(C1)N(Cc1ccccc1)C2. The Morgan fingerprint density at radius 3 is 2.59 bits per heavy atom. The minimum Gasteiger partial charge on any atom is -0.496 e. The molecule has 3 fully saturated rings. The molecule has 0 radical (unpaired) electrons. The third kappa shape index (κ3) is 4.16. The molecule has 1 amide bonds. The number of nitrogens with zero attached hydrogens (tertiary/aromatic N) is 2. The minimum atomic E-state index is 0.220. The molecule has 27 heavy (non-hydrogen) atoms. The average molecular weight is 364 g/mol. The number of para-hydroxylation sites is 1. The van der Waals surface area contributed by atoms with Crippen molar-refractivity contribution >= 4 is 5.91 Å². The second-order valence-electron chi connectivity index (χ2n) is 7.80. The Kier molecular flexibility index (Phi) is 5.44. The predicted molar refractivity (Wildman–Crippen MR) is 107 cm³/mol. The average Bonchev–Trinajstić information content (AvgIpc) is 3.01. The van der Waals surface area contributed by atoms with Crippen molar-refractivity contribution in [3.63, 3.8) is 0 Å². The van der Waals surface area contributed by atoms with Crippen LogP contribution in [0.1, 0.15) is 24.0 Å². The summed E-state index contributed by atoms with van der Waals surface area (Å²) < 4.78 is 5.42. The Morgan fingerprint density at radius 1 is 1.00 bits per heavy atom. The van der Waals surface area contributed by atoms with Crippen LogP contribution < -0.4 is 4.74 Å². The van der Waals surface area contributed by atoms with Crippen LogP contribution in [-0.2, 0) is 17.8 Å². The summed E-state index contributed by atoms with van der Waals surface area (Å²) >= 11 is 0. The van der Waals surface area contributed by atoms with Gasteiger partial charge in [-0.2, -0.15) is 0 Å². The van der Waals surface area contributed by atoms with E-state index >= 15 is 0 Å². The molecule has 0 aromatic heterocycles. The largest absolute Gasteiger partial charge is 0.496 e. The second kappa shape index (κ2) is 8.13. The van der Waals surface area contributed by atoms with E-state index in [4.69, 9.17) is 4.74 Å². The maximum Gasteiger partial charge on any atom is 0.227 e. The first-order chi connectivity index (χ1) is 13.2. The maximum absolute atomic E-state index is 13.0. The molecule has 4 heteroatoms. The molecule has 3 aliphatic heterocycles. The Labute approximate surface area is 161 Å². The van der Waals surface area contributed by atoms with Crippen molar-refractivity contribution < 1.29 is 9.53 Å². The number of hydrogen-bond acceptors (Lipinski definition) is 3. The molecule has 4 nitrogen and oxygen atoms in total. The molecule has 0 aliphatic carbocycles. The molecule has 2 bridgehead atoms. The topological polar surface area (TPSA) is 32.8 Å². The highest BCUT2D eigenvalue weighted by Gasteiger charge is 2.36. The minimum absolute atomic E-state index is 0.220. The van der Waals surface area contributed by atoms with Gasteiger partial charge >= 0.3 is 0 Å². The van der Waals surface area contributed by atoms with Crippen LogP contribution in [0.2, 0.25) is 0 Å². The van der Waals surface area contributed by atoms with Crippen LogP contribution in [0.4, 0.5) is 0 Å². The molecule has 0 saturated carbocycles. The lowest BCUT2D eigenvalue weighted by molar-refractivity contribution is -0.130. The highest BCUT2D eigenvalue weighted by molar-refractivity contribution is 5.79. The van der Waals surface area contributed by atoms with Gasteiger partial charge in [-0.15, -0.1) is 0 Å². The molecule has 5 rings (SSSR count). The van der Waals surface area contributed by atoms with E-state index in [0.717, 1.165) is 37.5 Å². The zero-order valence-corrected chi connectivity index (χ0v) is 16.0. The lowest BCUT2D eigenvalue weighted by atomic mass is 9.94. The van der Waals surface area contributed by atoms with E-state index in [1.165, 1.54) is 18.4 Å². The number of amides is 1. The van der Waals surface area contributed by atoms with Gasteiger partial charge in [0.1, 0.15) is 5.75 Å². The third-order valence-corrected chi connectivity index (χ3v) is 5.94. The Bertz CT molecular complexity index is 777. The smallest absolute Gasteiger partial charge is 0.227 e. The zero-order chi connectivity index (χ0) is 18.6.